The Balaban J connectivity index is 2.08. The molecule has 1 aliphatic heterocycles. The molecular formula is C18H23N3O5S. The molecule has 8 nitrogen and oxygen atoms in total. The van der Waals surface area contributed by atoms with E-state index in [4.69, 9.17) is 10.00 Å². The van der Waals surface area contributed by atoms with E-state index in [0.717, 1.165) is 19.3 Å². The van der Waals surface area contributed by atoms with Crippen molar-refractivity contribution in [1.82, 2.24) is 9.62 Å². The monoisotopic (exact) mass is 393 g/mol. The lowest BCUT2D eigenvalue weighted by Crippen LogP contribution is -2.36. The van der Waals surface area contributed by atoms with Crippen LogP contribution in [-0.2, 0) is 19.6 Å². The van der Waals surface area contributed by atoms with E-state index in [1.807, 2.05) is 6.07 Å². The smallest absolute Gasteiger partial charge is 0.338 e. The first-order valence-electron chi connectivity index (χ1n) is 8.78. The molecule has 0 saturated carbocycles. The Labute approximate surface area is 159 Å². The average Bonchev–Trinajstić information content (AvgIpc) is 2.67. The molecule has 1 fully saturated rings. The van der Waals surface area contributed by atoms with Crippen molar-refractivity contribution in [2.75, 3.05) is 26.2 Å². The summed E-state index contributed by atoms with van der Waals surface area (Å²) in [6, 6.07) is 6.21. The van der Waals surface area contributed by atoms with Gasteiger partial charge in [-0.05, 0) is 37.5 Å². The third-order valence-electron chi connectivity index (χ3n) is 4.25. The molecule has 0 bridgehead atoms. The van der Waals surface area contributed by atoms with Gasteiger partial charge in [-0.15, -0.1) is 0 Å². The number of amides is 1. The maximum absolute atomic E-state index is 12.9. The van der Waals surface area contributed by atoms with Crippen molar-refractivity contribution in [3.63, 3.8) is 0 Å². The van der Waals surface area contributed by atoms with Crippen LogP contribution in [0.5, 0.6) is 0 Å². The third-order valence-corrected chi connectivity index (χ3v) is 6.29. The molecule has 1 amide bonds. The fourth-order valence-electron chi connectivity index (χ4n) is 2.77. The molecule has 0 aliphatic carbocycles. The molecule has 27 heavy (non-hydrogen) atoms. The van der Waals surface area contributed by atoms with Gasteiger partial charge in [0.25, 0.3) is 5.91 Å². The van der Waals surface area contributed by atoms with Gasteiger partial charge >= 0.3 is 5.97 Å². The van der Waals surface area contributed by atoms with Crippen LogP contribution in [0.25, 0.3) is 0 Å². The van der Waals surface area contributed by atoms with Gasteiger partial charge in [-0.1, -0.05) is 12.5 Å². The minimum absolute atomic E-state index is 0.0704. The van der Waals surface area contributed by atoms with Crippen LogP contribution in [0, 0.1) is 18.3 Å². The second kappa shape index (κ2) is 9.48. The largest absolute Gasteiger partial charge is 0.452 e. The van der Waals surface area contributed by atoms with E-state index in [1.165, 1.54) is 16.4 Å². The number of sulfonamides is 1. The minimum Gasteiger partial charge on any atom is -0.452 e. The van der Waals surface area contributed by atoms with Crippen LogP contribution in [0.2, 0.25) is 0 Å². The van der Waals surface area contributed by atoms with Crippen LogP contribution >= 0.6 is 0 Å². The number of carbonyl (C=O) groups excluding carboxylic acids is 2. The summed E-state index contributed by atoms with van der Waals surface area (Å²) >= 11 is 0. The second-order valence-corrected chi connectivity index (χ2v) is 8.19. The van der Waals surface area contributed by atoms with Crippen molar-refractivity contribution in [3.05, 3.63) is 29.3 Å². The van der Waals surface area contributed by atoms with Gasteiger partial charge < -0.3 is 10.1 Å². The highest BCUT2D eigenvalue weighted by molar-refractivity contribution is 7.89. The molecule has 1 aromatic rings. The van der Waals surface area contributed by atoms with Gasteiger partial charge in [0.2, 0.25) is 10.0 Å². The van der Waals surface area contributed by atoms with E-state index < -0.39 is 28.5 Å². The molecule has 0 atom stereocenters. The molecule has 0 unspecified atom stereocenters. The highest BCUT2D eigenvalue weighted by Crippen LogP contribution is 2.24. The van der Waals surface area contributed by atoms with E-state index >= 15 is 0 Å². The lowest BCUT2D eigenvalue weighted by Gasteiger charge is -2.26. The Bertz CT molecular complexity index is 839. The van der Waals surface area contributed by atoms with Gasteiger partial charge in [-0.25, -0.2) is 13.2 Å². The first-order chi connectivity index (χ1) is 12.9. The number of nitrogens with one attached hydrogen (secondary N) is 1. The fraction of sp³-hybridized carbons (Fsp3) is 0.500. The van der Waals surface area contributed by atoms with Gasteiger partial charge in [-0.2, -0.15) is 9.57 Å². The van der Waals surface area contributed by atoms with Gasteiger partial charge in [0.05, 0.1) is 22.9 Å². The van der Waals surface area contributed by atoms with Crippen LogP contribution in [-0.4, -0.2) is 50.8 Å². The second-order valence-electron chi connectivity index (χ2n) is 6.28. The van der Waals surface area contributed by atoms with E-state index in [0.29, 0.717) is 18.7 Å². The molecular weight excluding hydrogens is 370 g/mol. The van der Waals surface area contributed by atoms with Crippen LogP contribution < -0.4 is 5.32 Å². The maximum atomic E-state index is 12.9. The lowest BCUT2D eigenvalue weighted by atomic mass is 10.1. The SMILES string of the molecule is Cc1ccc(C(=O)OCC(=O)NCCC#N)cc1S(=O)(=O)N1CCCCC1. The van der Waals surface area contributed by atoms with Crippen molar-refractivity contribution in [2.24, 2.45) is 0 Å². The number of piperidine rings is 1. The standard InChI is InChI=1S/C18H23N3O5S/c1-14-6-7-15(18(23)26-13-17(22)20-9-5-8-19)12-16(14)27(24,25)21-10-3-2-4-11-21/h6-7,12H,2-5,9-11,13H2,1H3,(H,20,22). The highest BCUT2D eigenvalue weighted by atomic mass is 32.2. The topological polar surface area (TPSA) is 117 Å². The zero-order valence-electron chi connectivity index (χ0n) is 15.2. The Hall–Kier alpha value is -2.44. The Morgan fingerprint density at radius 3 is 2.63 bits per heavy atom. The molecule has 2 rings (SSSR count). The Morgan fingerprint density at radius 1 is 1.26 bits per heavy atom. The van der Waals surface area contributed by atoms with Crippen LogP contribution in [0.1, 0.15) is 41.6 Å². The summed E-state index contributed by atoms with van der Waals surface area (Å²) in [6.45, 7) is 2.30. The molecule has 1 heterocycles. The van der Waals surface area contributed by atoms with Crippen molar-refractivity contribution in [2.45, 2.75) is 37.5 Å². The molecule has 0 spiro atoms. The number of carbonyl (C=O) groups is 2. The predicted octanol–water partition coefficient (Wildman–Crippen LogP) is 1.36. The van der Waals surface area contributed by atoms with Crippen molar-refractivity contribution < 1.29 is 22.7 Å². The minimum atomic E-state index is -3.68. The summed E-state index contributed by atoms with van der Waals surface area (Å²) in [4.78, 5) is 23.8. The number of aryl methyl sites for hydroxylation is 1. The summed E-state index contributed by atoms with van der Waals surface area (Å²) in [7, 11) is -3.68. The fourth-order valence-corrected chi connectivity index (χ4v) is 4.54. The molecule has 0 aromatic heterocycles. The Kier molecular flexibility index (Phi) is 7.33. The van der Waals surface area contributed by atoms with Gasteiger partial charge in [0.1, 0.15) is 0 Å². The van der Waals surface area contributed by atoms with Crippen molar-refractivity contribution >= 4 is 21.9 Å². The van der Waals surface area contributed by atoms with Gasteiger partial charge in [-0.3, -0.25) is 4.79 Å². The number of hydrogen-bond donors (Lipinski definition) is 1. The number of hydrogen-bond acceptors (Lipinski definition) is 6. The zero-order valence-corrected chi connectivity index (χ0v) is 16.0. The number of rotatable bonds is 7. The molecule has 146 valence electrons. The molecule has 0 radical (unpaired) electrons. The van der Waals surface area contributed by atoms with Crippen LogP contribution in [0.15, 0.2) is 23.1 Å². The summed E-state index contributed by atoms with van der Waals surface area (Å²) in [6.07, 6.45) is 2.81. The number of esters is 1. The van der Waals surface area contributed by atoms with Gasteiger partial charge in [0.15, 0.2) is 6.61 Å². The third kappa shape index (κ3) is 5.52. The summed E-state index contributed by atoms with van der Waals surface area (Å²) in [5, 5.41) is 10.9. The number of ether oxygens (including phenoxy) is 1. The van der Waals surface area contributed by atoms with E-state index in [9.17, 15) is 18.0 Å². The highest BCUT2D eigenvalue weighted by Gasteiger charge is 2.28. The summed E-state index contributed by atoms with van der Waals surface area (Å²) in [5.74, 6) is -1.30. The summed E-state index contributed by atoms with van der Waals surface area (Å²) < 4.78 is 32.1. The average molecular weight is 393 g/mol. The normalized spacial score (nSPS) is 15.0. The van der Waals surface area contributed by atoms with E-state index in [1.54, 1.807) is 13.0 Å². The number of benzene rings is 1. The van der Waals surface area contributed by atoms with Gasteiger partial charge in [0, 0.05) is 19.6 Å². The number of nitriles is 1. The van der Waals surface area contributed by atoms with Crippen LogP contribution in [0.3, 0.4) is 0 Å². The zero-order chi connectivity index (χ0) is 19.9. The Morgan fingerprint density at radius 2 is 1.96 bits per heavy atom. The number of nitrogens with zero attached hydrogens (tertiary/aromatic N) is 2. The first-order valence-corrected chi connectivity index (χ1v) is 10.2. The quantitative estimate of drug-likeness (QED) is 0.552. The molecule has 1 aromatic carbocycles. The van der Waals surface area contributed by atoms with E-state index in [2.05, 4.69) is 5.32 Å². The maximum Gasteiger partial charge on any atom is 0.338 e. The molecule has 1 aliphatic rings. The van der Waals surface area contributed by atoms with Crippen molar-refractivity contribution in [3.8, 4) is 6.07 Å². The molecule has 1 N–H and O–H groups in total. The first kappa shape index (κ1) is 20.9. The molecule has 9 heteroatoms. The van der Waals surface area contributed by atoms with Crippen LogP contribution in [0.4, 0.5) is 0 Å². The predicted molar refractivity (Wildman–Crippen MR) is 97.3 cm³/mol. The van der Waals surface area contributed by atoms with Crippen molar-refractivity contribution in [1.29, 1.82) is 5.26 Å². The lowest BCUT2D eigenvalue weighted by molar-refractivity contribution is -0.124. The van der Waals surface area contributed by atoms with E-state index in [-0.39, 0.29) is 23.4 Å². The molecule has 1 saturated heterocycles. The summed E-state index contributed by atoms with van der Waals surface area (Å²) in [5.41, 5.74) is 0.618.